The van der Waals surface area contributed by atoms with Crippen molar-refractivity contribution >= 4 is 17.8 Å². The van der Waals surface area contributed by atoms with Crippen LogP contribution >= 0.6 is 0 Å². The fraction of sp³-hybridized carbons (Fsp3) is 0.900. The van der Waals surface area contributed by atoms with Gasteiger partial charge in [0.25, 0.3) is 0 Å². The Balaban J connectivity index is 3.80. The molecule has 3 N–H and O–H groups in total. The van der Waals surface area contributed by atoms with Crippen molar-refractivity contribution in [3.05, 3.63) is 0 Å². The van der Waals surface area contributed by atoms with Crippen LogP contribution in [0.15, 0.2) is 0 Å². The van der Waals surface area contributed by atoms with Crippen molar-refractivity contribution in [2.75, 3.05) is 32.7 Å². The van der Waals surface area contributed by atoms with Crippen LogP contribution in [-0.2, 0) is 14.4 Å². The second-order valence-electron chi connectivity index (χ2n) is 10.5. The van der Waals surface area contributed by atoms with Crippen molar-refractivity contribution < 1.29 is 19.5 Å². The molecule has 0 saturated heterocycles. The predicted octanol–water partition coefficient (Wildman–Crippen LogP) is 6.45. The standard InChI is InChI=1S/C30H59N3O4/c1-3-5-7-9-11-13-15-17-19-21-28(34)31-23-25-33(27-30(36)37)26-24-32-29(35)22-20-18-16-14-12-10-8-6-4-2/h3-27H2,1-2H3,(H,31,34)(H,32,35)(H,36,37). The van der Waals surface area contributed by atoms with Gasteiger partial charge in [-0.1, -0.05) is 117 Å². The van der Waals surface area contributed by atoms with Crippen LogP contribution in [0.2, 0.25) is 0 Å². The van der Waals surface area contributed by atoms with Crippen LogP contribution < -0.4 is 10.6 Å². The zero-order chi connectivity index (χ0) is 27.4. The van der Waals surface area contributed by atoms with Gasteiger partial charge in [-0.15, -0.1) is 0 Å². The van der Waals surface area contributed by atoms with Crippen LogP contribution in [0.3, 0.4) is 0 Å². The molecule has 0 aromatic carbocycles. The van der Waals surface area contributed by atoms with E-state index in [1.807, 2.05) is 0 Å². The number of carboxylic acid groups (broad SMARTS) is 1. The summed E-state index contributed by atoms with van der Waals surface area (Å²) in [4.78, 5) is 37.1. The topological polar surface area (TPSA) is 98.7 Å². The molecule has 0 fully saturated rings. The van der Waals surface area contributed by atoms with Gasteiger partial charge in [-0.05, 0) is 12.8 Å². The highest BCUT2D eigenvalue weighted by atomic mass is 16.4. The van der Waals surface area contributed by atoms with E-state index >= 15 is 0 Å². The largest absolute Gasteiger partial charge is 0.480 e. The number of rotatable bonds is 28. The molecule has 2 amide bonds. The smallest absolute Gasteiger partial charge is 0.317 e. The maximum atomic E-state index is 12.1. The lowest BCUT2D eigenvalue weighted by Crippen LogP contribution is -2.41. The zero-order valence-corrected chi connectivity index (χ0v) is 24.3. The van der Waals surface area contributed by atoms with Crippen molar-refractivity contribution in [2.45, 2.75) is 142 Å². The van der Waals surface area contributed by atoms with Gasteiger partial charge in [-0.2, -0.15) is 0 Å². The first kappa shape index (κ1) is 35.4. The maximum Gasteiger partial charge on any atom is 0.317 e. The number of carbonyl (C=O) groups is 3. The maximum absolute atomic E-state index is 12.1. The zero-order valence-electron chi connectivity index (χ0n) is 24.3. The Kier molecular flexibility index (Phi) is 26.2. The molecule has 0 aromatic rings. The molecule has 0 atom stereocenters. The number of hydrogen-bond donors (Lipinski definition) is 3. The molecule has 37 heavy (non-hydrogen) atoms. The summed E-state index contributed by atoms with van der Waals surface area (Å²) in [7, 11) is 0. The normalized spacial score (nSPS) is 11.1. The minimum absolute atomic E-state index is 0.0347. The van der Waals surface area contributed by atoms with Gasteiger partial charge in [0.2, 0.25) is 11.8 Å². The number of carboxylic acids is 1. The first-order valence-electron chi connectivity index (χ1n) is 15.5. The number of aliphatic carboxylic acids is 1. The summed E-state index contributed by atoms with van der Waals surface area (Å²) in [5, 5.41) is 15.0. The molecule has 7 nitrogen and oxygen atoms in total. The quantitative estimate of drug-likeness (QED) is 0.102. The second kappa shape index (κ2) is 27.4. The van der Waals surface area contributed by atoms with E-state index in [0.29, 0.717) is 39.0 Å². The third-order valence-electron chi connectivity index (χ3n) is 6.87. The third-order valence-corrected chi connectivity index (χ3v) is 6.87. The highest BCUT2D eigenvalue weighted by Gasteiger charge is 2.11. The lowest BCUT2D eigenvalue weighted by Gasteiger charge is -2.20. The van der Waals surface area contributed by atoms with Crippen LogP contribution in [0.25, 0.3) is 0 Å². The van der Waals surface area contributed by atoms with Gasteiger partial charge in [0.1, 0.15) is 0 Å². The van der Waals surface area contributed by atoms with E-state index in [1.165, 1.54) is 89.9 Å². The van der Waals surface area contributed by atoms with E-state index in [1.54, 1.807) is 4.90 Å². The van der Waals surface area contributed by atoms with Gasteiger partial charge in [0.15, 0.2) is 0 Å². The first-order chi connectivity index (χ1) is 18.0. The molecule has 218 valence electrons. The van der Waals surface area contributed by atoms with Gasteiger partial charge in [-0.25, -0.2) is 0 Å². The van der Waals surface area contributed by atoms with Crippen molar-refractivity contribution in [3.63, 3.8) is 0 Å². The molecule has 0 heterocycles. The Bertz CT molecular complexity index is 517. The number of hydrogen-bond acceptors (Lipinski definition) is 4. The van der Waals surface area contributed by atoms with Gasteiger partial charge in [-0.3, -0.25) is 19.3 Å². The summed E-state index contributed by atoms with van der Waals surface area (Å²) in [5.41, 5.74) is 0. The SMILES string of the molecule is CCCCCCCCCCCC(=O)NCCN(CCNC(=O)CCCCCCCCCCC)CC(=O)O. The van der Waals surface area contributed by atoms with Crippen molar-refractivity contribution in [1.29, 1.82) is 0 Å². The summed E-state index contributed by atoms with van der Waals surface area (Å²) >= 11 is 0. The summed E-state index contributed by atoms with van der Waals surface area (Å²) < 4.78 is 0. The molecule has 0 unspecified atom stereocenters. The van der Waals surface area contributed by atoms with E-state index < -0.39 is 5.97 Å². The minimum atomic E-state index is -0.901. The molecule has 0 saturated carbocycles. The number of unbranched alkanes of at least 4 members (excludes halogenated alkanes) is 16. The van der Waals surface area contributed by atoms with Crippen molar-refractivity contribution in [2.24, 2.45) is 0 Å². The summed E-state index contributed by atoms with van der Waals surface area (Å²) in [6.45, 7) is 6.14. The van der Waals surface area contributed by atoms with Crippen LogP contribution in [-0.4, -0.2) is 60.5 Å². The van der Waals surface area contributed by atoms with Gasteiger partial charge in [0.05, 0.1) is 6.54 Å². The average molecular weight is 526 g/mol. The predicted molar refractivity (Wildman–Crippen MR) is 154 cm³/mol. The number of nitrogens with zero attached hydrogens (tertiary/aromatic N) is 1. The Labute approximate surface area is 227 Å². The molecule has 0 radical (unpaired) electrons. The van der Waals surface area contributed by atoms with E-state index in [-0.39, 0.29) is 18.4 Å². The molecule has 0 spiro atoms. The highest BCUT2D eigenvalue weighted by Crippen LogP contribution is 2.11. The van der Waals surface area contributed by atoms with Gasteiger partial charge in [0, 0.05) is 39.0 Å². The highest BCUT2D eigenvalue weighted by molar-refractivity contribution is 5.76. The van der Waals surface area contributed by atoms with Gasteiger partial charge >= 0.3 is 5.97 Å². The molecule has 0 aliphatic heterocycles. The molecule has 7 heteroatoms. The van der Waals surface area contributed by atoms with E-state index in [9.17, 15) is 19.5 Å². The Morgan fingerprint density at radius 3 is 1.19 bits per heavy atom. The van der Waals surface area contributed by atoms with E-state index in [4.69, 9.17) is 0 Å². The van der Waals surface area contributed by atoms with E-state index in [2.05, 4.69) is 24.5 Å². The number of amides is 2. The fourth-order valence-electron chi connectivity index (χ4n) is 4.54. The Hall–Kier alpha value is -1.63. The second-order valence-corrected chi connectivity index (χ2v) is 10.5. The van der Waals surface area contributed by atoms with E-state index in [0.717, 1.165) is 25.7 Å². The van der Waals surface area contributed by atoms with Crippen LogP contribution in [0.4, 0.5) is 0 Å². The lowest BCUT2D eigenvalue weighted by atomic mass is 10.1. The summed E-state index contributed by atoms with van der Waals surface area (Å²) in [5.74, 6) is -0.831. The van der Waals surface area contributed by atoms with Crippen LogP contribution in [0.1, 0.15) is 142 Å². The Morgan fingerprint density at radius 2 is 0.865 bits per heavy atom. The monoisotopic (exact) mass is 525 g/mol. The Morgan fingerprint density at radius 1 is 0.541 bits per heavy atom. The summed E-state index contributed by atoms with van der Waals surface area (Å²) in [6.07, 6.45) is 23.1. The molecule has 0 aromatic heterocycles. The number of carbonyl (C=O) groups excluding carboxylic acids is 2. The molecular weight excluding hydrogens is 466 g/mol. The molecular formula is C30H59N3O4. The van der Waals surface area contributed by atoms with Gasteiger partial charge < -0.3 is 15.7 Å². The average Bonchev–Trinajstić information content (AvgIpc) is 2.86. The number of nitrogens with one attached hydrogen (secondary N) is 2. The van der Waals surface area contributed by atoms with Crippen LogP contribution in [0.5, 0.6) is 0 Å². The third kappa shape index (κ3) is 27.2. The molecule has 0 rings (SSSR count). The minimum Gasteiger partial charge on any atom is -0.480 e. The molecule has 0 aliphatic carbocycles. The van der Waals surface area contributed by atoms with Crippen molar-refractivity contribution in [1.82, 2.24) is 15.5 Å². The summed E-state index contributed by atoms with van der Waals surface area (Å²) in [6, 6.07) is 0. The van der Waals surface area contributed by atoms with Crippen LogP contribution in [0, 0.1) is 0 Å². The lowest BCUT2D eigenvalue weighted by molar-refractivity contribution is -0.138. The first-order valence-corrected chi connectivity index (χ1v) is 15.5. The molecule has 0 bridgehead atoms. The fourth-order valence-corrected chi connectivity index (χ4v) is 4.54. The van der Waals surface area contributed by atoms with Crippen molar-refractivity contribution in [3.8, 4) is 0 Å². The molecule has 0 aliphatic rings.